The van der Waals surface area contributed by atoms with Crippen LogP contribution in [0, 0.1) is 0 Å². The van der Waals surface area contributed by atoms with Crippen molar-refractivity contribution in [3.05, 3.63) is 160 Å². The Labute approximate surface area is 341 Å². The van der Waals surface area contributed by atoms with Crippen LogP contribution >= 0.6 is 11.3 Å². The lowest BCUT2D eigenvalue weighted by molar-refractivity contribution is 0.627. The lowest BCUT2D eigenvalue weighted by Crippen LogP contribution is -2.23. The first-order valence-corrected chi connectivity index (χ1v) is 20.3. The van der Waals surface area contributed by atoms with Crippen LogP contribution in [0.4, 0.5) is 0 Å². The standard InChI is InChI=1S/C9H11N.C8H7N.C7H10N2.C7H6N2.C7H9NS.C6H9N3.2CH4/c1-2-4-9-7-10-6-5-8(9)3-1;1-2-4-8-7(3-1)5-6-9-8;1-3-8-5-7-6(1)2-4-9-7;2*1-2-4-7-6(3-1)8-5-9-7;1-2-7-3-6-5(1)8-4-9-6;;/h1-4,10H,5-7H2;1-6,9H;2,4,8-9H,1,3,5H2;1-5H,(H,8,9);5H,1-4H2;4,7H,1-3H2,(H,8,9);2*1H4. The molecule has 4 aliphatic rings. The molecule has 3 aromatic carbocycles. The predicted molar refractivity (Wildman–Crippen MR) is 239 cm³/mol. The van der Waals surface area contributed by atoms with E-state index in [0.29, 0.717) is 0 Å². The van der Waals surface area contributed by atoms with Gasteiger partial charge in [0.25, 0.3) is 0 Å². The lowest BCUT2D eigenvalue weighted by Gasteiger charge is -2.15. The van der Waals surface area contributed by atoms with Gasteiger partial charge in [0.1, 0.15) is 0 Å². The van der Waals surface area contributed by atoms with Gasteiger partial charge < -0.3 is 35.9 Å². The van der Waals surface area contributed by atoms with E-state index in [1.165, 1.54) is 93.8 Å². The largest absolute Gasteiger partial charge is 0.364 e. The number of rotatable bonds is 0. The van der Waals surface area contributed by atoms with Crippen molar-refractivity contribution >= 4 is 33.3 Å². The van der Waals surface area contributed by atoms with Gasteiger partial charge in [-0.1, -0.05) is 69.5 Å². The van der Waals surface area contributed by atoms with Crippen LogP contribution in [-0.4, -0.2) is 54.5 Å². The normalized spacial score (nSPS) is 14.3. The number of thiazole rings is 1. The molecule has 10 nitrogen and oxygen atoms in total. The fourth-order valence-electron chi connectivity index (χ4n) is 6.98. The maximum Gasteiger partial charge on any atom is 0.0931 e. The minimum absolute atomic E-state index is 0. The molecule has 0 unspecified atom stereocenters. The number of benzene rings is 3. The van der Waals surface area contributed by atoms with Crippen molar-refractivity contribution in [2.75, 3.05) is 19.6 Å². The Bertz CT molecular complexity index is 1970. The van der Waals surface area contributed by atoms with Crippen LogP contribution in [0.1, 0.15) is 72.0 Å². The molecule has 0 atom stereocenters. The average molecular weight is 785 g/mol. The van der Waals surface area contributed by atoms with Crippen LogP contribution in [0.25, 0.3) is 21.9 Å². The molecule has 0 amide bonds. The number of aromatic nitrogens is 7. The third kappa shape index (κ3) is 12.6. The molecule has 7 N–H and O–H groups in total. The Morgan fingerprint density at radius 3 is 1.95 bits per heavy atom. The number of aromatic amines is 4. The second-order valence-corrected chi connectivity index (χ2v) is 14.7. The fourth-order valence-corrected chi connectivity index (χ4v) is 7.84. The topological polar surface area (TPSA) is 138 Å². The van der Waals surface area contributed by atoms with E-state index < -0.39 is 0 Å². The number of H-pyrrole nitrogens is 4. The van der Waals surface area contributed by atoms with Crippen molar-refractivity contribution in [3.8, 4) is 0 Å². The number of hydrogen-bond acceptors (Lipinski definition) is 7. The smallest absolute Gasteiger partial charge is 0.0931 e. The van der Waals surface area contributed by atoms with Crippen LogP contribution in [0.15, 0.2) is 115 Å². The van der Waals surface area contributed by atoms with Gasteiger partial charge in [-0.05, 0) is 104 Å². The van der Waals surface area contributed by atoms with Crippen molar-refractivity contribution in [2.24, 2.45) is 0 Å². The third-order valence-electron chi connectivity index (χ3n) is 10.0. The molecule has 8 heterocycles. The highest BCUT2D eigenvalue weighted by Gasteiger charge is 2.11. The van der Waals surface area contributed by atoms with E-state index in [1.54, 1.807) is 12.7 Å². The first kappa shape index (κ1) is 42.8. The molecule has 0 spiro atoms. The zero-order valence-electron chi connectivity index (χ0n) is 31.4. The van der Waals surface area contributed by atoms with Gasteiger partial charge in [-0.3, -0.25) is 0 Å². The van der Waals surface area contributed by atoms with E-state index in [-0.39, 0.29) is 14.9 Å². The summed E-state index contributed by atoms with van der Waals surface area (Å²) in [7, 11) is 0. The molecular formula is C46H60N10S. The van der Waals surface area contributed by atoms with Crippen molar-refractivity contribution in [2.45, 2.75) is 79.4 Å². The zero-order chi connectivity index (χ0) is 37.3. The summed E-state index contributed by atoms with van der Waals surface area (Å²) in [6, 6.07) is 29.0. The maximum absolute atomic E-state index is 4.28. The molecule has 3 aliphatic heterocycles. The Morgan fingerprint density at radius 1 is 0.474 bits per heavy atom. The fraction of sp³-hybridized carbons (Fsp3) is 0.326. The van der Waals surface area contributed by atoms with Crippen LogP contribution in [0.5, 0.6) is 0 Å². The second-order valence-electron chi connectivity index (χ2n) is 13.8. The van der Waals surface area contributed by atoms with Crippen molar-refractivity contribution in [1.29, 1.82) is 0 Å². The summed E-state index contributed by atoms with van der Waals surface area (Å²) in [5, 5.41) is 11.2. The van der Waals surface area contributed by atoms with Gasteiger partial charge >= 0.3 is 0 Å². The number of nitrogens with one attached hydrogen (secondary N) is 7. The quantitative estimate of drug-likeness (QED) is 0.0820. The van der Waals surface area contributed by atoms with Crippen LogP contribution in [0.2, 0.25) is 0 Å². The minimum atomic E-state index is 0. The first-order valence-electron chi connectivity index (χ1n) is 19.5. The van der Waals surface area contributed by atoms with Gasteiger partial charge in [-0.2, -0.15) is 0 Å². The molecular weight excluding hydrogens is 725 g/mol. The number of imidazole rings is 2. The summed E-state index contributed by atoms with van der Waals surface area (Å²) in [6.07, 6.45) is 16.1. The predicted octanol–water partition coefficient (Wildman–Crippen LogP) is 9.07. The highest BCUT2D eigenvalue weighted by atomic mass is 32.1. The van der Waals surface area contributed by atoms with E-state index in [9.17, 15) is 0 Å². The molecule has 12 rings (SSSR count). The molecule has 0 saturated carbocycles. The van der Waals surface area contributed by atoms with Crippen molar-refractivity contribution in [3.63, 3.8) is 0 Å². The van der Waals surface area contributed by atoms with E-state index in [0.717, 1.165) is 56.7 Å². The van der Waals surface area contributed by atoms with Gasteiger partial charge in [0.05, 0.1) is 46.3 Å². The summed E-state index contributed by atoms with van der Waals surface area (Å²) < 4.78 is 0. The highest BCUT2D eigenvalue weighted by molar-refractivity contribution is 7.09. The SMILES string of the molecule is C.C.c1cc2c([nH]1)CNCC2.c1ccc2[nH]ccc2c1.c1ccc2[nH]cnc2c1.c1ccc2c(c1)CCNC2.c1nc2c([nH]1)CNCC2.c1nc2c(s1)CCCC2. The summed E-state index contributed by atoms with van der Waals surface area (Å²) >= 11 is 1.81. The zero-order valence-corrected chi connectivity index (χ0v) is 32.2. The van der Waals surface area contributed by atoms with E-state index in [2.05, 4.69) is 99.4 Å². The van der Waals surface area contributed by atoms with Gasteiger partial charge in [-0.15, -0.1) is 11.3 Å². The lowest BCUT2D eigenvalue weighted by atomic mass is 10.0. The Kier molecular flexibility index (Phi) is 17.3. The molecule has 300 valence electrons. The molecule has 0 fully saturated rings. The molecule has 0 bridgehead atoms. The number of para-hydroxylation sites is 3. The minimum Gasteiger partial charge on any atom is -0.364 e. The molecule has 11 heteroatoms. The van der Waals surface area contributed by atoms with Crippen LogP contribution in [0.3, 0.4) is 0 Å². The van der Waals surface area contributed by atoms with E-state index in [4.69, 9.17) is 0 Å². The maximum atomic E-state index is 4.28. The average Bonchev–Trinajstić information content (AvgIpc) is 4.12. The Morgan fingerprint density at radius 2 is 1.16 bits per heavy atom. The summed E-state index contributed by atoms with van der Waals surface area (Å²) in [4.78, 5) is 26.4. The number of aryl methyl sites for hydroxylation is 2. The van der Waals surface area contributed by atoms with E-state index in [1.807, 2.05) is 65.6 Å². The monoisotopic (exact) mass is 784 g/mol. The van der Waals surface area contributed by atoms with Gasteiger partial charge in [0, 0.05) is 61.1 Å². The second kappa shape index (κ2) is 23.0. The molecule has 5 aromatic heterocycles. The number of nitrogens with zero attached hydrogens (tertiary/aromatic N) is 3. The van der Waals surface area contributed by atoms with E-state index >= 15 is 0 Å². The van der Waals surface area contributed by atoms with Gasteiger partial charge in [0.2, 0.25) is 0 Å². The number of fused-ring (bicyclic) bond motifs is 6. The first-order chi connectivity index (χ1) is 27.3. The van der Waals surface area contributed by atoms with Crippen molar-refractivity contribution in [1.82, 2.24) is 50.8 Å². The molecule has 57 heavy (non-hydrogen) atoms. The summed E-state index contributed by atoms with van der Waals surface area (Å²) in [5.41, 5.74) is 15.0. The van der Waals surface area contributed by atoms with Crippen molar-refractivity contribution < 1.29 is 0 Å². The highest BCUT2D eigenvalue weighted by Crippen LogP contribution is 2.23. The van der Waals surface area contributed by atoms with Crippen LogP contribution in [-0.2, 0) is 51.7 Å². The molecule has 8 aromatic rings. The van der Waals surface area contributed by atoms with Gasteiger partial charge in [-0.25, -0.2) is 15.0 Å². The summed E-state index contributed by atoms with van der Waals surface area (Å²) in [5.74, 6) is 0. The molecule has 0 radical (unpaired) electrons. The Balaban J connectivity index is 0.000000130. The summed E-state index contributed by atoms with van der Waals surface area (Å²) in [6.45, 7) is 6.35. The Hall–Kier alpha value is -5.33. The third-order valence-corrected chi connectivity index (χ3v) is 11.0. The van der Waals surface area contributed by atoms with Gasteiger partial charge in [0.15, 0.2) is 0 Å². The number of hydrogen-bond donors (Lipinski definition) is 7. The molecule has 0 saturated heterocycles. The van der Waals surface area contributed by atoms with Crippen LogP contribution < -0.4 is 16.0 Å². The molecule has 1 aliphatic carbocycles.